The van der Waals surface area contributed by atoms with Crippen LogP contribution in [-0.2, 0) is 6.42 Å². The molecule has 0 saturated heterocycles. The Hall–Kier alpha value is -1.30. The van der Waals surface area contributed by atoms with Crippen molar-refractivity contribution >= 4 is 15.9 Å². The fourth-order valence-electron chi connectivity index (χ4n) is 2.04. The van der Waals surface area contributed by atoms with Crippen molar-refractivity contribution in [1.82, 2.24) is 5.43 Å². The molecular weight excluding hydrogens is 308 g/mol. The van der Waals surface area contributed by atoms with E-state index in [0.717, 1.165) is 17.1 Å². The van der Waals surface area contributed by atoms with Crippen molar-refractivity contribution in [3.63, 3.8) is 0 Å². The van der Waals surface area contributed by atoms with Crippen LogP contribution >= 0.6 is 15.9 Å². The molecule has 1 atom stereocenters. The van der Waals surface area contributed by atoms with Gasteiger partial charge in [0.25, 0.3) is 0 Å². The van der Waals surface area contributed by atoms with Crippen LogP contribution in [0.5, 0.6) is 5.75 Å². The lowest BCUT2D eigenvalue weighted by Crippen LogP contribution is -2.29. The van der Waals surface area contributed by atoms with Gasteiger partial charge in [0.2, 0.25) is 0 Å². The maximum Gasteiger partial charge on any atom is 0.169 e. The number of furan rings is 1. The van der Waals surface area contributed by atoms with Gasteiger partial charge >= 0.3 is 0 Å². The molecule has 1 unspecified atom stereocenters. The van der Waals surface area contributed by atoms with Crippen LogP contribution < -0.4 is 16.0 Å². The summed E-state index contributed by atoms with van der Waals surface area (Å²) >= 11 is 3.29. The average molecular weight is 325 g/mol. The lowest BCUT2D eigenvalue weighted by Gasteiger charge is -2.16. The van der Waals surface area contributed by atoms with E-state index < -0.39 is 0 Å². The molecule has 0 spiro atoms. The molecule has 3 N–H and O–H groups in total. The molecule has 19 heavy (non-hydrogen) atoms. The number of nitrogens with two attached hydrogens (primary N) is 1. The molecule has 2 rings (SSSR count). The summed E-state index contributed by atoms with van der Waals surface area (Å²) in [5.74, 6) is 7.27. The molecule has 1 heterocycles. The molecule has 1 aromatic heterocycles. The number of ether oxygens (including phenoxy) is 1. The highest BCUT2D eigenvalue weighted by molar-refractivity contribution is 9.10. The number of hydrogen-bond acceptors (Lipinski definition) is 4. The Balaban J connectivity index is 2.25. The molecule has 1 aromatic carbocycles. The molecule has 2 aromatic rings. The van der Waals surface area contributed by atoms with Gasteiger partial charge in [0.1, 0.15) is 11.5 Å². The lowest BCUT2D eigenvalue weighted by atomic mass is 10.0. The van der Waals surface area contributed by atoms with Gasteiger partial charge in [0, 0.05) is 0 Å². The first kappa shape index (κ1) is 14.1. The van der Waals surface area contributed by atoms with Crippen molar-refractivity contribution in [2.24, 2.45) is 5.84 Å². The second-order valence-corrected chi connectivity index (χ2v) is 5.16. The topological polar surface area (TPSA) is 60.4 Å². The van der Waals surface area contributed by atoms with E-state index >= 15 is 0 Å². The number of benzene rings is 1. The Morgan fingerprint density at radius 2 is 2.16 bits per heavy atom. The molecule has 0 amide bonds. The molecule has 0 bridgehead atoms. The maximum atomic E-state index is 5.63. The Labute approximate surface area is 121 Å². The Kier molecular flexibility index (Phi) is 4.63. The maximum absolute atomic E-state index is 5.63. The molecule has 0 radical (unpaired) electrons. The van der Waals surface area contributed by atoms with Crippen molar-refractivity contribution in [3.05, 3.63) is 51.9 Å². The fraction of sp³-hybridized carbons (Fsp3) is 0.286. The van der Waals surface area contributed by atoms with Gasteiger partial charge in [0.05, 0.1) is 13.2 Å². The summed E-state index contributed by atoms with van der Waals surface area (Å²) in [6, 6.07) is 9.75. The zero-order chi connectivity index (χ0) is 13.8. The van der Waals surface area contributed by atoms with Gasteiger partial charge < -0.3 is 9.15 Å². The van der Waals surface area contributed by atoms with Crippen LogP contribution in [0.15, 0.2) is 39.4 Å². The van der Waals surface area contributed by atoms with Crippen molar-refractivity contribution in [2.75, 3.05) is 7.11 Å². The third kappa shape index (κ3) is 3.37. The van der Waals surface area contributed by atoms with Gasteiger partial charge in [-0.15, -0.1) is 0 Å². The van der Waals surface area contributed by atoms with Crippen molar-refractivity contribution in [2.45, 2.75) is 19.4 Å². The monoisotopic (exact) mass is 324 g/mol. The van der Waals surface area contributed by atoms with Crippen LogP contribution in [0, 0.1) is 6.92 Å². The highest BCUT2D eigenvalue weighted by atomic mass is 79.9. The number of nitrogens with one attached hydrogen (secondary N) is 1. The Morgan fingerprint density at radius 3 is 2.74 bits per heavy atom. The highest BCUT2D eigenvalue weighted by Gasteiger charge is 2.17. The number of halogens is 1. The average Bonchev–Trinajstić information content (AvgIpc) is 2.82. The van der Waals surface area contributed by atoms with E-state index in [4.69, 9.17) is 15.0 Å². The van der Waals surface area contributed by atoms with Crippen LogP contribution in [0.25, 0.3) is 0 Å². The molecule has 5 heteroatoms. The summed E-state index contributed by atoms with van der Waals surface area (Å²) in [5, 5.41) is 0. The Morgan fingerprint density at radius 1 is 1.37 bits per heavy atom. The van der Waals surface area contributed by atoms with Gasteiger partial charge in [-0.3, -0.25) is 5.84 Å². The molecule has 0 fully saturated rings. The van der Waals surface area contributed by atoms with E-state index in [1.165, 1.54) is 5.56 Å². The lowest BCUT2D eigenvalue weighted by molar-refractivity contribution is 0.387. The number of hydrazine groups is 1. The van der Waals surface area contributed by atoms with E-state index in [1.807, 2.05) is 24.3 Å². The van der Waals surface area contributed by atoms with Crippen LogP contribution in [-0.4, -0.2) is 7.11 Å². The summed E-state index contributed by atoms with van der Waals surface area (Å²) in [5.41, 5.74) is 5.06. The largest absolute Gasteiger partial charge is 0.496 e. The zero-order valence-electron chi connectivity index (χ0n) is 10.9. The fourth-order valence-corrected chi connectivity index (χ4v) is 2.36. The molecular formula is C14H17BrN2O2. The quantitative estimate of drug-likeness (QED) is 0.655. The minimum absolute atomic E-state index is 0.0954. The summed E-state index contributed by atoms with van der Waals surface area (Å²) < 4.78 is 11.6. The van der Waals surface area contributed by atoms with Gasteiger partial charge in [-0.25, -0.2) is 5.43 Å². The number of hydrogen-bond donors (Lipinski definition) is 2. The summed E-state index contributed by atoms with van der Waals surface area (Å²) in [6.45, 7) is 2.05. The van der Waals surface area contributed by atoms with Crippen molar-refractivity contribution in [3.8, 4) is 5.75 Å². The third-order valence-corrected chi connectivity index (χ3v) is 3.42. The predicted octanol–water partition coefficient (Wildman–Crippen LogP) is 3.11. The van der Waals surface area contributed by atoms with Crippen LogP contribution in [0.1, 0.15) is 22.9 Å². The second kappa shape index (κ2) is 6.23. The second-order valence-electron chi connectivity index (χ2n) is 4.38. The molecule has 4 nitrogen and oxygen atoms in total. The summed E-state index contributed by atoms with van der Waals surface area (Å²) in [6.07, 6.45) is 0.696. The van der Waals surface area contributed by atoms with Crippen molar-refractivity contribution < 1.29 is 9.15 Å². The van der Waals surface area contributed by atoms with E-state index in [9.17, 15) is 0 Å². The molecule has 0 aliphatic carbocycles. The van der Waals surface area contributed by atoms with Crippen LogP contribution in [0.3, 0.4) is 0 Å². The number of rotatable bonds is 5. The first-order valence-electron chi connectivity index (χ1n) is 5.99. The minimum atomic E-state index is -0.0954. The first-order chi connectivity index (χ1) is 9.13. The van der Waals surface area contributed by atoms with Gasteiger partial charge in [-0.05, 0) is 53.0 Å². The first-order valence-corrected chi connectivity index (χ1v) is 6.78. The van der Waals surface area contributed by atoms with Crippen LogP contribution in [0.2, 0.25) is 0 Å². The standard InChI is InChI=1S/C14H17BrN2O2/c1-9-3-4-12(18-2)10(7-9)8-11(17-16)13-5-6-14(15)19-13/h3-7,11,17H,8,16H2,1-2H3. The number of methoxy groups -OCH3 is 1. The smallest absolute Gasteiger partial charge is 0.169 e. The van der Waals surface area contributed by atoms with Gasteiger partial charge in [-0.2, -0.15) is 0 Å². The molecule has 0 aliphatic rings. The molecule has 0 saturated carbocycles. The van der Waals surface area contributed by atoms with E-state index in [1.54, 1.807) is 7.11 Å². The number of aryl methyl sites for hydroxylation is 1. The summed E-state index contributed by atoms with van der Waals surface area (Å²) in [4.78, 5) is 0. The van der Waals surface area contributed by atoms with Crippen LogP contribution in [0.4, 0.5) is 0 Å². The molecule has 102 valence electrons. The van der Waals surface area contributed by atoms with E-state index in [-0.39, 0.29) is 6.04 Å². The zero-order valence-corrected chi connectivity index (χ0v) is 12.5. The molecule has 0 aliphatic heterocycles. The SMILES string of the molecule is COc1ccc(C)cc1CC(NN)c1ccc(Br)o1. The van der Waals surface area contributed by atoms with Crippen molar-refractivity contribution in [1.29, 1.82) is 0 Å². The third-order valence-electron chi connectivity index (χ3n) is 3.00. The predicted molar refractivity (Wildman–Crippen MR) is 77.9 cm³/mol. The minimum Gasteiger partial charge on any atom is -0.496 e. The highest BCUT2D eigenvalue weighted by Crippen LogP contribution is 2.27. The van der Waals surface area contributed by atoms with Gasteiger partial charge in [0.15, 0.2) is 4.67 Å². The van der Waals surface area contributed by atoms with E-state index in [0.29, 0.717) is 11.1 Å². The summed E-state index contributed by atoms with van der Waals surface area (Å²) in [7, 11) is 1.67. The van der Waals surface area contributed by atoms with E-state index in [2.05, 4.69) is 34.3 Å². The normalized spacial score (nSPS) is 12.4. The Bertz CT molecular complexity index is 554. The van der Waals surface area contributed by atoms with Gasteiger partial charge in [-0.1, -0.05) is 17.7 Å².